The van der Waals surface area contributed by atoms with E-state index in [1.807, 2.05) is 6.07 Å². The maximum atomic E-state index is 12.2. The van der Waals surface area contributed by atoms with Crippen LogP contribution in [0.5, 0.6) is 0 Å². The van der Waals surface area contributed by atoms with E-state index in [1.54, 1.807) is 41.5 Å². The Kier molecular flexibility index (Phi) is 4.15. The highest BCUT2D eigenvalue weighted by Crippen LogP contribution is 2.30. The second kappa shape index (κ2) is 6.23. The molecule has 1 aliphatic rings. The molecule has 1 fully saturated rings. The molecule has 114 valence electrons. The summed E-state index contributed by atoms with van der Waals surface area (Å²) in [7, 11) is 0. The standard InChI is InChI=1S/C16H15ClN2O3/c17-13-5-1-2-6-14(13)19-10-11(8-15(19)20)16(21)18-9-12-4-3-7-22-12/h1-7,11H,8-10H2,(H,18,21). The van der Waals surface area contributed by atoms with Gasteiger partial charge in [-0.15, -0.1) is 0 Å². The first kappa shape index (κ1) is 14.7. The van der Waals surface area contributed by atoms with Crippen molar-refractivity contribution in [3.8, 4) is 0 Å². The summed E-state index contributed by atoms with van der Waals surface area (Å²) in [4.78, 5) is 25.9. The van der Waals surface area contributed by atoms with Gasteiger partial charge < -0.3 is 14.6 Å². The zero-order chi connectivity index (χ0) is 15.5. The summed E-state index contributed by atoms with van der Waals surface area (Å²) < 4.78 is 5.16. The number of hydrogen-bond acceptors (Lipinski definition) is 3. The van der Waals surface area contributed by atoms with E-state index in [2.05, 4.69) is 5.32 Å². The monoisotopic (exact) mass is 318 g/mol. The van der Waals surface area contributed by atoms with Crippen LogP contribution in [-0.2, 0) is 16.1 Å². The van der Waals surface area contributed by atoms with Crippen LogP contribution in [0.4, 0.5) is 5.69 Å². The number of carbonyl (C=O) groups excluding carboxylic acids is 2. The molecule has 0 radical (unpaired) electrons. The van der Waals surface area contributed by atoms with Gasteiger partial charge in [0.2, 0.25) is 11.8 Å². The largest absolute Gasteiger partial charge is 0.467 e. The third kappa shape index (κ3) is 2.99. The molecule has 0 aliphatic carbocycles. The van der Waals surface area contributed by atoms with Crippen molar-refractivity contribution in [2.45, 2.75) is 13.0 Å². The van der Waals surface area contributed by atoms with Gasteiger partial charge in [0, 0.05) is 13.0 Å². The molecule has 0 bridgehead atoms. The summed E-state index contributed by atoms with van der Waals surface area (Å²) in [6.45, 7) is 0.662. The fourth-order valence-electron chi connectivity index (χ4n) is 2.52. The smallest absolute Gasteiger partial charge is 0.227 e. The van der Waals surface area contributed by atoms with Gasteiger partial charge in [0.15, 0.2) is 0 Å². The van der Waals surface area contributed by atoms with Gasteiger partial charge in [-0.05, 0) is 24.3 Å². The van der Waals surface area contributed by atoms with Gasteiger partial charge in [0.1, 0.15) is 5.76 Å². The molecule has 2 aromatic rings. The normalized spacial score (nSPS) is 17.8. The molecule has 22 heavy (non-hydrogen) atoms. The fraction of sp³-hybridized carbons (Fsp3) is 0.250. The lowest BCUT2D eigenvalue weighted by molar-refractivity contribution is -0.126. The zero-order valence-corrected chi connectivity index (χ0v) is 12.5. The highest BCUT2D eigenvalue weighted by molar-refractivity contribution is 6.33. The maximum Gasteiger partial charge on any atom is 0.227 e. The van der Waals surface area contributed by atoms with Crippen molar-refractivity contribution in [3.63, 3.8) is 0 Å². The van der Waals surface area contributed by atoms with Crippen molar-refractivity contribution < 1.29 is 14.0 Å². The van der Waals surface area contributed by atoms with E-state index < -0.39 is 0 Å². The molecule has 3 rings (SSSR count). The van der Waals surface area contributed by atoms with Gasteiger partial charge in [0.05, 0.1) is 29.4 Å². The van der Waals surface area contributed by atoms with E-state index in [1.165, 1.54) is 0 Å². The Hall–Kier alpha value is -2.27. The Balaban J connectivity index is 1.64. The first-order chi connectivity index (χ1) is 10.6. The Labute approximate surface area is 132 Å². The number of para-hydroxylation sites is 1. The summed E-state index contributed by atoms with van der Waals surface area (Å²) in [6, 6.07) is 10.7. The number of nitrogens with zero attached hydrogens (tertiary/aromatic N) is 1. The number of nitrogens with one attached hydrogen (secondary N) is 1. The number of hydrogen-bond donors (Lipinski definition) is 1. The molecule has 6 heteroatoms. The lowest BCUT2D eigenvalue weighted by atomic mass is 10.1. The van der Waals surface area contributed by atoms with Crippen molar-refractivity contribution in [1.29, 1.82) is 0 Å². The maximum absolute atomic E-state index is 12.2. The molecular formula is C16H15ClN2O3. The van der Waals surface area contributed by atoms with Crippen molar-refractivity contribution in [3.05, 3.63) is 53.4 Å². The quantitative estimate of drug-likeness (QED) is 0.942. The summed E-state index contributed by atoms with van der Waals surface area (Å²) in [5.41, 5.74) is 0.649. The average Bonchev–Trinajstić information content (AvgIpc) is 3.15. The summed E-state index contributed by atoms with van der Waals surface area (Å²) in [5.74, 6) is 0.0601. The fourth-order valence-corrected chi connectivity index (χ4v) is 2.76. The second-order valence-electron chi connectivity index (χ2n) is 5.15. The molecule has 5 nitrogen and oxygen atoms in total. The molecule has 1 saturated heterocycles. The van der Waals surface area contributed by atoms with Crippen LogP contribution >= 0.6 is 11.6 Å². The van der Waals surface area contributed by atoms with E-state index in [-0.39, 0.29) is 24.2 Å². The van der Waals surface area contributed by atoms with Crippen molar-refractivity contribution >= 4 is 29.1 Å². The first-order valence-electron chi connectivity index (χ1n) is 7.00. The zero-order valence-electron chi connectivity index (χ0n) is 11.8. The molecule has 1 N–H and O–H groups in total. The van der Waals surface area contributed by atoms with Crippen LogP contribution in [-0.4, -0.2) is 18.4 Å². The van der Waals surface area contributed by atoms with Crippen molar-refractivity contribution in [1.82, 2.24) is 5.32 Å². The Bertz CT molecular complexity index is 684. The van der Waals surface area contributed by atoms with Crippen LogP contribution in [0.2, 0.25) is 5.02 Å². The van der Waals surface area contributed by atoms with E-state index in [4.69, 9.17) is 16.0 Å². The van der Waals surface area contributed by atoms with Gasteiger partial charge in [0.25, 0.3) is 0 Å². The Morgan fingerprint density at radius 1 is 1.32 bits per heavy atom. The van der Waals surface area contributed by atoms with Crippen LogP contribution in [0.25, 0.3) is 0 Å². The number of halogens is 1. The van der Waals surface area contributed by atoms with Gasteiger partial charge in [-0.2, -0.15) is 0 Å². The molecule has 0 saturated carbocycles. The average molecular weight is 319 g/mol. The van der Waals surface area contributed by atoms with Crippen LogP contribution < -0.4 is 10.2 Å². The number of amides is 2. The molecule has 2 amide bonds. The Morgan fingerprint density at radius 3 is 2.86 bits per heavy atom. The van der Waals surface area contributed by atoms with Crippen LogP contribution in [0.3, 0.4) is 0 Å². The first-order valence-corrected chi connectivity index (χ1v) is 7.38. The SMILES string of the molecule is O=C(NCc1ccco1)C1CC(=O)N(c2ccccc2Cl)C1. The molecule has 1 aromatic carbocycles. The lowest BCUT2D eigenvalue weighted by Crippen LogP contribution is -2.32. The molecule has 0 spiro atoms. The minimum Gasteiger partial charge on any atom is -0.467 e. The highest BCUT2D eigenvalue weighted by atomic mass is 35.5. The van der Waals surface area contributed by atoms with Gasteiger partial charge >= 0.3 is 0 Å². The molecule has 1 unspecified atom stereocenters. The van der Waals surface area contributed by atoms with Gasteiger partial charge in [-0.25, -0.2) is 0 Å². The predicted octanol–water partition coefficient (Wildman–Crippen LogP) is 2.60. The summed E-state index contributed by atoms with van der Waals surface area (Å²) >= 11 is 6.12. The van der Waals surface area contributed by atoms with Crippen LogP contribution in [0, 0.1) is 5.92 Å². The van der Waals surface area contributed by atoms with E-state index in [0.29, 0.717) is 29.6 Å². The third-order valence-electron chi connectivity index (χ3n) is 3.66. The van der Waals surface area contributed by atoms with Crippen molar-refractivity contribution in [2.24, 2.45) is 5.92 Å². The molecule has 2 heterocycles. The number of anilines is 1. The van der Waals surface area contributed by atoms with Crippen LogP contribution in [0.15, 0.2) is 47.1 Å². The van der Waals surface area contributed by atoms with Crippen molar-refractivity contribution in [2.75, 3.05) is 11.4 Å². The predicted molar refractivity (Wildman–Crippen MR) is 82.5 cm³/mol. The third-order valence-corrected chi connectivity index (χ3v) is 3.98. The minimum absolute atomic E-state index is 0.0914. The van der Waals surface area contributed by atoms with E-state index >= 15 is 0 Å². The lowest BCUT2D eigenvalue weighted by Gasteiger charge is -2.17. The number of rotatable bonds is 4. The van der Waals surface area contributed by atoms with Gasteiger partial charge in [-0.1, -0.05) is 23.7 Å². The van der Waals surface area contributed by atoms with E-state index in [0.717, 1.165) is 0 Å². The number of benzene rings is 1. The Morgan fingerprint density at radius 2 is 2.14 bits per heavy atom. The second-order valence-corrected chi connectivity index (χ2v) is 5.56. The molecule has 1 aliphatic heterocycles. The highest BCUT2D eigenvalue weighted by Gasteiger charge is 2.35. The number of carbonyl (C=O) groups is 2. The van der Waals surface area contributed by atoms with E-state index in [9.17, 15) is 9.59 Å². The van der Waals surface area contributed by atoms with Gasteiger partial charge in [-0.3, -0.25) is 9.59 Å². The topological polar surface area (TPSA) is 62.6 Å². The molecule has 1 aromatic heterocycles. The molecule has 1 atom stereocenters. The summed E-state index contributed by atoms with van der Waals surface area (Å²) in [6.07, 6.45) is 1.74. The summed E-state index contributed by atoms with van der Waals surface area (Å²) in [5, 5.41) is 3.30. The molecular weight excluding hydrogens is 304 g/mol. The van der Waals surface area contributed by atoms with Crippen LogP contribution in [0.1, 0.15) is 12.2 Å². The number of furan rings is 1. The minimum atomic E-state index is -0.376.